The molecule has 5 heteroatoms. The highest BCUT2D eigenvalue weighted by molar-refractivity contribution is 5.91. The molecule has 1 amide bonds. The summed E-state index contributed by atoms with van der Waals surface area (Å²) in [5, 5.41) is 0. The van der Waals surface area contributed by atoms with Gasteiger partial charge in [-0.25, -0.2) is 0 Å². The van der Waals surface area contributed by atoms with Crippen molar-refractivity contribution in [3.8, 4) is 0 Å². The Bertz CT molecular complexity index is 687. The number of aryl methyl sites for hydroxylation is 1. The lowest BCUT2D eigenvalue weighted by atomic mass is 10.1. The van der Waals surface area contributed by atoms with Crippen LogP contribution >= 0.6 is 0 Å². The number of amides is 1. The predicted octanol–water partition coefficient (Wildman–Crippen LogP) is 2.69. The van der Waals surface area contributed by atoms with Crippen LogP contribution < -0.4 is 0 Å². The van der Waals surface area contributed by atoms with Gasteiger partial charge in [0.05, 0.1) is 0 Å². The van der Waals surface area contributed by atoms with Crippen LogP contribution in [-0.4, -0.2) is 49.0 Å². The topological polar surface area (TPSA) is 45.9 Å². The lowest BCUT2D eigenvalue weighted by Gasteiger charge is -2.34. The van der Waals surface area contributed by atoms with E-state index in [1.165, 1.54) is 11.1 Å². The van der Waals surface area contributed by atoms with Crippen molar-refractivity contribution in [3.05, 3.63) is 59.0 Å². The Labute approximate surface area is 142 Å². The fourth-order valence-electron chi connectivity index (χ4n) is 3.05. The van der Waals surface area contributed by atoms with Crippen LogP contribution in [0.5, 0.6) is 0 Å². The Morgan fingerprint density at radius 1 is 1.17 bits per heavy atom. The molecular formula is C19H24N2O3. The van der Waals surface area contributed by atoms with Crippen LogP contribution in [0.2, 0.25) is 0 Å². The van der Waals surface area contributed by atoms with Crippen LogP contribution in [-0.2, 0) is 17.9 Å². The molecule has 0 atom stereocenters. The third kappa shape index (κ3) is 4.04. The van der Waals surface area contributed by atoms with Gasteiger partial charge in [-0.05, 0) is 24.6 Å². The Morgan fingerprint density at radius 2 is 1.96 bits per heavy atom. The normalized spacial score (nSPS) is 15.7. The number of nitrogens with zero attached hydrogens (tertiary/aromatic N) is 2. The lowest BCUT2D eigenvalue weighted by Crippen LogP contribution is -2.48. The fourth-order valence-corrected chi connectivity index (χ4v) is 3.05. The molecule has 5 nitrogen and oxygen atoms in total. The maximum Gasteiger partial charge on any atom is 0.289 e. The molecule has 24 heavy (non-hydrogen) atoms. The summed E-state index contributed by atoms with van der Waals surface area (Å²) in [5.41, 5.74) is 2.61. The van der Waals surface area contributed by atoms with Gasteiger partial charge in [-0.2, -0.15) is 0 Å². The number of carbonyl (C=O) groups excluding carboxylic acids is 1. The van der Waals surface area contributed by atoms with E-state index >= 15 is 0 Å². The zero-order valence-electron chi connectivity index (χ0n) is 14.3. The number of ether oxygens (including phenoxy) is 1. The molecule has 2 aromatic rings. The van der Waals surface area contributed by atoms with Gasteiger partial charge in [0.15, 0.2) is 5.76 Å². The first-order valence-electron chi connectivity index (χ1n) is 8.30. The summed E-state index contributed by atoms with van der Waals surface area (Å²) in [6, 6.07) is 12.1. The number of carbonyl (C=O) groups is 1. The highest BCUT2D eigenvalue weighted by Gasteiger charge is 2.24. The van der Waals surface area contributed by atoms with Crippen LogP contribution in [0.15, 0.2) is 40.8 Å². The average Bonchev–Trinajstić information content (AvgIpc) is 3.04. The highest BCUT2D eigenvalue weighted by Crippen LogP contribution is 2.15. The van der Waals surface area contributed by atoms with Crippen LogP contribution in [0.3, 0.4) is 0 Å². The first-order valence-corrected chi connectivity index (χ1v) is 8.30. The maximum atomic E-state index is 12.5. The molecule has 0 N–H and O–H groups in total. The third-order valence-electron chi connectivity index (χ3n) is 4.31. The van der Waals surface area contributed by atoms with Gasteiger partial charge >= 0.3 is 0 Å². The predicted molar refractivity (Wildman–Crippen MR) is 91.8 cm³/mol. The summed E-state index contributed by atoms with van der Waals surface area (Å²) in [4.78, 5) is 16.7. The highest BCUT2D eigenvalue weighted by atomic mass is 16.5. The summed E-state index contributed by atoms with van der Waals surface area (Å²) in [5.74, 6) is 1.04. The van der Waals surface area contributed by atoms with Crippen molar-refractivity contribution in [1.82, 2.24) is 9.80 Å². The summed E-state index contributed by atoms with van der Waals surface area (Å²) >= 11 is 0. The number of benzene rings is 1. The maximum absolute atomic E-state index is 12.5. The van der Waals surface area contributed by atoms with Gasteiger partial charge in [0.25, 0.3) is 5.91 Å². The fraction of sp³-hybridized carbons (Fsp3) is 0.421. The summed E-state index contributed by atoms with van der Waals surface area (Å²) in [7, 11) is 1.61. The second-order valence-corrected chi connectivity index (χ2v) is 6.26. The van der Waals surface area contributed by atoms with E-state index in [9.17, 15) is 4.79 Å². The van der Waals surface area contributed by atoms with Crippen LogP contribution in [0.25, 0.3) is 0 Å². The molecule has 1 aliphatic heterocycles. The number of rotatable bonds is 5. The van der Waals surface area contributed by atoms with Crippen molar-refractivity contribution in [1.29, 1.82) is 0 Å². The average molecular weight is 328 g/mol. The zero-order valence-corrected chi connectivity index (χ0v) is 14.3. The van der Waals surface area contributed by atoms with Crippen LogP contribution in [0.1, 0.15) is 27.4 Å². The Morgan fingerprint density at radius 3 is 2.67 bits per heavy atom. The van der Waals surface area contributed by atoms with Gasteiger partial charge in [0.1, 0.15) is 12.4 Å². The van der Waals surface area contributed by atoms with E-state index in [1.807, 2.05) is 4.90 Å². The van der Waals surface area contributed by atoms with E-state index in [0.717, 1.165) is 32.7 Å². The monoisotopic (exact) mass is 328 g/mol. The number of hydrogen-bond acceptors (Lipinski definition) is 4. The second-order valence-electron chi connectivity index (χ2n) is 6.26. The molecule has 3 rings (SSSR count). The zero-order chi connectivity index (χ0) is 16.9. The van der Waals surface area contributed by atoms with Crippen LogP contribution in [0, 0.1) is 6.92 Å². The van der Waals surface area contributed by atoms with Crippen molar-refractivity contribution >= 4 is 5.91 Å². The van der Waals surface area contributed by atoms with Gasteiger partial charge in [-0.3, -0.25) is 9.69 Å². The minimum Gasteiger partial charge on any atom is -0.453 e. The summed E-state index contributed by atoms with van der Waals surface area (Å²) in [6.07, 6.45) is 0. The molecule has 1 aromatic heterocycles. The molecule has 0 bridgehead atoms. The van der Waals surface area contributed by atoms with E-state index in [2.05, 4.69) is 36.1 Å². The lowest BCUT2D eigenvalue weighted by molar-refractivity contribution is 0.0591. The van der Waals surface area contributed by atoms with Gasteiger partial charge in [-0.1, -0.05) is 29.8 Å². The summed E-state index contributed by atoms with van der Waals surface area (Å²) in [6.45, 7) is 6.65. The quantitative estimate of drug-likeness (QED) is 0.846. The van der Waals surface area contributed by atoms with Gasteiger partial charge < -0.3 is 14.1 Å². The molecule has 1 fully saturated rings. The van der Waals surface area contributed by atoms with E-state index in [-0.39, 0.29) is 5.91 Å². The second kappa shape index (κ2) is 7.64. The molecule has 1 saturated heterocycles. The molecule has 128 valence electrons. The van der Waals surface area contributed by atoms with Gasteiger partial charge in [0, 0.05) is 39.8 Å². The Kier molecular flexibility index (Phi) is 5.33. The number of furan rings is 1. The van der Waals surface area contributed by atoms with Crippen molar-refractivity contribution < 1.29 is 13.9 Å². The van der Waals surface area contributed by atoms with E-state index < -0.39 is 0 Å². The molecular weight excluding hydrogens is 304 g/mol. The minimum absolute atomic E-state index is 0.0347. The number of methoxy groups -OCH3 is 1. The van der Waals surface area contributed by atoms with Gasteiger partial charge in [-0.15, -0.1) is 0 Å². The van der Waals surface area contributed by atoms with E-state index in [0.29, 0.717) is 18.1 Å². The Hall–Kier alpha value is -2.11. The molecule has 0 spiro atoms. The van der Waals surface area contributed by atoms with Crippen molar-refractivity contribution in [2.75, 3.05) is 33.3 Å². The summed E-state index contributed by atoms with van der Waals surface area (Å²) < 4.78 is 10.6. The molecule has 0 unspecified atom stereocenters. The molecule has 0 saturated carbocycles. The molecule has 2 heterocycles. The smallest absolute Gasteiger partial charge is 0.289 e. The van der Waals surface area contributed by atoms with Crippen molar-refractivity contribution in [2.45, 2.75) is 20.1 Å². The molecule has 1 aliphatic rings. The van der Waals surface area contributed by atoms with Crippen LogP contribution in [0.4, 0.5) is 0 Å². The van der Waals surface area contributed by atoms with Gasteiger partial charge in [0.2, 0.25) is 0 Å². The largest absolute Gasteiger partial charge is 0.453 e. The molecule has 0 radical (unpaired) electrons. The van der Waals surface area contributed by atoms with E-state index in [1.54, 1.807) is 19.2 Å². The Balaban J connectivity index is 1.53. The molecule has 0 aliphatic carbocycles. The standard InChI is InChI=1S/C19H24N2O3/c1-15-4-3-5-16(12-15)13-20-8-10-21(11-9-20)19(22)18-7-6-17(24-18)14-23-2/h3-7,12H,8-11,13-14H2,1-2H3. The SMILES string of the molecule is COCc1ccc(C(=O)N2CCN(Cc3cccc(C)c3)CC2)o1. The molecule has 1 aromatic carbocycles. The van der Waals surface area contributed by atoms with E-state index in [4.69, 9.17) is 9.15 Å². The first-order chi connectivity index (χ1) is 11.7. The van der Waals surface area contributed by atoms with Crippen molar-refractivity contribution in [3.63, 3.8) is 0 Å². The first kappa shape index (κ1) is 16.7. The van der Waals surface area contributed by atoms with Crippen molar-refractivity contribution in [2.24, 2.45) is 0 Å². The third-order valence-corrected chi connectivity index (χ3v) is 4.31. The minimum atomic E-state index is -0.0347. The number of hydrogen-bond donors (Lipinski definition) is 0. The number of piperazine rings is 1.